The number of nitrogens with zero attached hydrogens (tertiary/aromatic N) is 3. The maximum absolute atomic E-state index is 13.6. The molecular weight excluding hydrogens is 599 g/mol. The zero-order valence-corrected chi connectivity index (χ0v) is 24.3. The molecule has 0 bridgehead atoms. The monoisotopic (exact) mass is 623 g/mol. The van der Waals surface area contributed by atoms with E-state index < -0.39 is 21.9 Å². The molecule has 1 saturated heterocycles. The number of anilines is 2. The predicted molar refractivity (Wildman–Crippen MR) is 155 cm³/mol. The first-order chi connectivity index (χ1) is 19.2. The fourth-order valence-electron chi connectivity index (χ4n) is 4.89. The predicted octanol–water partition coefficient (Wildman–Crippen LogP) is 6.22. The van der Waals surface area contributed by atoms with Crippen LogP contribution in [0.25, 0.3) is 22.2 Å². The summed E-state index contributed by atoms with van der Waals surface area (Å²) in [7, 11) is -3.45. The van der Waals surface area contributed by atoms with E-state index in [9.17, 15) is 26.4 Å². The molecule has 2 aromatic carbocycles. The average Bonchev–Trinajstić information content (AvgIpc) is 3.38. The van der Waals surface area contributed by atoms with E-state index in [4.69, 9.17) is 16.6 Å². The molecule has 0 unspecified atom stereocenters. The SMILES string of the molecule is CC(=O)N1C[C@H](Nc2cc(C(F)(F)F)nc3ccc(Cl)cc23)C[C@H](c2nc(-c3cccc(NS(C)(=O)=O)c3)cs2)C1. The summed E-state index contributed by atoms with van der Waals surface area (Å²) in [6.45, 7) is 2.16. The van der Waals surface area contributed by atoms with Gasteiger partial charge in [-0.15, -0.1) is 11.3 Å². The fraction of sp³-hybridized carbons (Fsp3) is 0.296. The first-order valence-electron chi connectivity index (χ1n) is 12.5. The van der Waals surface area contributed by atoms with Gasteiger partial charge in [0.15, 0.2) is 0 Å². The van der Waals surface area contributed by atoms with E-state index in [1.54, 1.807) is 29.2 Å². The number of amides is 1. The largest absolute Gasteiger partial charge is 0.433 e. The lowest BCUT2D eigenvalue weighted by molar-refractivity contribution is -0.140. The van der Waals surface area contributed by atoms with Crippen LogP contribution in [0.4, 0.5) is 24.5 Å². The van der Waals surface area contributed by atoms with E-state index >= 15 is 0 Å². The Kier molecular flexibility index (Phi) is 7.88. The summed E-state index contributed by atoms with van der Waals surface area (Å²) in [6.07, 6.45) is -3.06. The summed E-state index contributed by atoms with van der Waals surface area (Å²) in [5, 5.41) is 6.66. The molecule has 1 aliphatic heterocycles. The van der Waals surface area contributed by atoms with Crippen LogP contribution in [-0.2, 0) is 21.0 Å². The molecule has 41 heavy (non-hydrogen) atoms. The van der Waals surface area contributed by atoms with Gasteiger partial charge in [0, 0.05) is 64.7 Å². The van der Waals surface area contributed by atoms with Gasteiger partial charge in [-0.25, -0.2) is 18.4 Å². The van der Waals surface area contributed by atoms with Crippen LogP contribution in [0.15, 0.2) is 53.9 Å². The number of alkyl halides is 3. The zero-order valence-electron chi connectivity index (χ0n) is 21.9. The first-order valence-corrected chi connectivity index (χ1v) is 15.6. The number of fused-ring (bicyclic) bond motifs is 1. The number of thiazole rings is 1. The van der Waals surface area contributed by atoms with Crippen molar-refractivity contribution in [2.75, 3.05) is 29.4 Å². The molecule has 0 saturated carbocycles. The van der Waals surface area contributed by atoms with Gasteiger partial charge >= 0.3 is 6.18 Å². The molecule has 1 fully saturated rings. The summed E-state index contributed by atoms with van der Waals surface area (Å²) in [4.78, 5) is 22.7. The average molecular weight is 624 g/mol. The van der Waals surface area contributed by atoms with Gasteiger partial charge in [0.05, 0.1) is 22.5 Å². The zero-order chi connectivity index (χ0) is 29.5. The molecule has 2 atom stereocenters. The van der Waals surface area contributed by atoms with E-state index in [1.165, 1.54) is 30.4 Å². The summed E-state index contributed by atoms with van der Waals surface area (Å²) in [5.41, 5.74) is 1.13. The number of hydrogen-bond acceptors (Lipinski definition) is 7. The number of halogens is 4. The van der Waals surface area contributed by atoms with Crippen LogP contribution in [0, 0.1) is 0 Å². The van der Waals surface area contributed by atoms with Crippen molar-refractivity contribution < 1.29 is 26.4 Å². The lowest BCUT2D eigenvalue weighted by Gasteiger charge is -2.37. The third-order valence-electron chi connectivity index (χ3n) is 6.65. The third kappa shape index (κ3) is 6.91. The highest BCUT2D eigenvalue weighted by Crippen LogP contribution is 2.37. The number of hydrogen-bond donors (Lipinski definition) is 2. The van der Waals surface area contributed by atoms with E-state index in [1.807, 2.05) is 11.4 Å². The van der Waals surface area contributed by atoms with E-state index in [-0.39, 0.29) is 29.1 Å². The van der Waals surface area contributed by atoms with Gasteiger partial charge < -0.3 is 10.2 Å². The number of benzene rings is 2. The maximum Gasteiger partial charge on any atom is 0.433 e. The minimum Gasteiger partial charge on any atom is -0.380 e. The van der Waals surface area contributed by atoms with Gasteiger partial charge in [-0.3, -0.25) is 9.52 Å². The first kappa shape index (κ1) is 29.1. The van der Waals surface area contributed by atoms with Gasteiger partial charge in [-0.1, -0.05) is 23.7 Å². The van der Waals surface area contributed by atoms with E-state index in [0.29, 0.717) is 41.3 Å². The van der Waals surface area contributed by atoms with Crippen molar-refractivity contribution in [3.8, 4) is 11.3 Å². The van der Waals surface area contributed by atoms with Crippen LogP contribution in [0.1, 0.15) is 30.0 Å². The molecule has 0 spiro atoms. The Morgan fingerprint density at radius 1 is 1.12 bits per heavy atom. The number of piperidine rings is 1. The molecule has 1 amide bonds. The standard InChI is InChI=1S/C27H25ClF3N5O3S2/c1-15(37)36-12-17(26-34-24(14-40-26)16-4-3-5-19(8-16)35-41(2,38)39)9-20(13-36)32-23-11-25(27(29,30)31)33-22-7-6-18(28)10-21(22)23/h3-8,10-11,14,17,20,35H,9,12-13H2,1-2H3,(H,32,33)/t17-,20+/m0/s1. The minimum absolute atomic E-state index is 0.152. The summed E-state index contributed by atoms with van der Waals surface area (Å²) >= 11 is 7.56. The molecule has 0 radical (unpaired) electrons. The minimum atomic E-state index is -4.64. The second-order valence-corrected chi connectivity index (χ2v) is 13.0. The molecular formula is C27H25ClF3N5O3S2. The number of carbonyl (C=O) groups excluding carboxylic acids is 1. The molecule has 216 valence electrons. The highest BCUT2D eigenvalue weighted by atomic mass is 35.5. The quantitative estimate of drug-likeness (QED) is 0.264. The van der Waals surface area contributed by atoms with E-state index in [0.717, 1.165) is 22.9 Å². The number of aromatic nitrogens is 2. The second kappa shape index (κ2) is 11.1. The molecule has 1 aliphatic rings. The van der Waals surface area contributed by atoms with Crippen LogP contribution in [-0.4, -0.2) is 54.6 Å². The van der Waals surface area contributed by atoms with Crippen molar-refractivity contribution in [1.82, 2.24) is 14.9 Å². The molecule has 14 heteroatoms. The second-order valence-electron chi connectivity index (χ2n) is 9.94. The highest BCUT2D eigenvalue weighted by Gasteiger charge is 2.35. The molecule has 0 aliphatic carbocycles. The lowest BCUT2D eigenvalue weighted by Crippen LogP contribution is -2.47. The van der Waals surface area contributed by atoms with E-state index in [2.05, 4.69) is 15.0 Å². The van der Waals surface area contributed by atoms with Crippen LogP contribution < -0.4 is 10.0 Å². The fourth-order valence-corrected chi connectivity index (χ4v) is 6.55. The molecule has 2 N–H and O–H groups in total. The molecule has 8 nitrogen and oxygen atoms in total. The number of sulfonamides is 1. The van der Waals surface area contributed by atoms with Crippen molar-refractivity contribution in [2.24, 2.45) is 0 Å². The van der Waals surface area contributed by atoms with Crippen molar-refractivity contribution >= 4 is 61.1 Å². The topological polar surface area (TPSA) is 104 Å². The Labute approximate surface area is 243 Å². The summed E-state index contributed by atoms with van der Waals surface area (Å²) in [6, 6.07) is 12.0. The molecule has 5 rings (SSSR count). The Morgan fingerprint density at radius 2 is 1.90 bits per heavy atom. The van der Waals surface area contributed by atoms with Gasteiger partial charge in [-0.05, 0) is 42.8 Å². The van der Waals surface area contributed by atoms with Crippen molar-refractivity contribution in [3.63, 3.8) is 0 Å². The Hall–Kier alpha value is -3.42. The number of rotatable bonds is 6. The number of nitrogens with one attached hydrogen (secondary N) is 2. The maximum atomic E-state index is 13.6. The normalized spacial score (nSPS) is 18.0. The molecule has 4 aromatic rings. The van der Waals surface area contributed by atoms with Crippen molar-refractivity contribution in [3.05, 3.63) is 69.6 Å². The Morgan fingerprint density at radius 3 is 2.61 bits per heavy atom. The van der Waals surface area contributed by atoms with Gasteiger partial charge in [0.25, 0.3) is 0 Å². The Bertz CT molecular complexity index is 1730. The van der Waals surface area contributed by atoms with Crippen molar-refractivity contribution in [1.29, 1.82) is 0 Å². The summed E-state index contributed by atoms with van der Waals surface area (Å²) in [5.74, 6) is -0.337. The number of likely N-dealkylation sites (tertiary alicyclic amines) is 1. The highest BCUT2D eigenvalue weighted by molar-refractivity contribution is 7.92. The molecule has 3 heterocycles. The van der Waals surface area contributed by atoms with Crippen LogP contribution >= 0.6 is 22.9 Å². The summed E-state index contributed by atoms with van der Waals surface area (Å²) < 4.78 is 66.6. The number of carbonyl (C=O) groups is 1. The van der Waals surface area contributed by atoms with Crippen molar-refractivity contribution in [2.45, 2.75) is 31.5 Å². The van der Waals surface area contributed by atoms with Crippen LogP contribution in [0.2, 0.25) is 5.02 Å². The third-order valence-corrected chi connectivity index (χ3v) is 8.50. The molecule has 2 aromatic heterocycles. The lowest BCUT2D eigenvalue weighted by atomic mass is 9.94. The van der Waals surface area contributed by atoms with Crippen LogP contribution in [0.5, 0.6) is 0 Å². The smallest absolute Gasteiger partial charge is 0.380 e. The number of pyridine rings is 1. The van der Waals surface area contributed by atoms with Crippen LogP contribution in [0.3, 0.4) is 0 Å². The van der Waals surface area contributed by atoms with Gasteiger partial charge in [-0.2, -0.15) is 13.2 Å². The van der Waals surface area contributed by atoms with Gasteiger partial charge in [0.2, 0.25) is 15.9 Å². The Balaban J connectivity index is 1.44. The van der Waals surface area contributed by atoms with Gasteiger partial charge in [0.1, 0.15) is 5.69 Å².